The van der Waals surface area contributed by atoms with Crippen molar-refractivity contribution in [2.75, 3.05) is 0 Å². The number of fused-ring (bicyclic) bond motifs is 5. The van der Waals surface area contributed by atoms with E-state index < -0.39 is 24.2 Å². The lowest BCUT2D eigenvalue weighted by atomic mass is 9.43. The summed E-state index contributed by atoms with van der Waals surface area (Å²) in [4.78, 5) is 26.7. The molecular formula is C40H55NO8. The van der Waals surface area contributed by atoms with Gasteiger partial charge in [-0.2, -0.15) is 0 Å². The van der Waals surface area contributed by atoms with Crippen LogP contribution in [0.5, 0.6) is 11.5 Å². The largest absolute Gasteiger partial charge is 0.504 e. The van der Waals surface area contributed by atoms with E-state index in [1.807, 2.05) is 30.3 Å². The Kier molecular flexibility index (Phi) is 10.4. The van der Waals surface area contributed by atoms with Crippen LogP contribution in [0.4, 0.5) is 0 Å². The lowest BCUT2D eigenvalue weighted by molar-refractivity contribution is -0.207. The van der Waals surface area contributed by atoms with Crippen LogP contribution in [0.15, 0.2) is 48.5 Å². The van der Waals surface area contributed by atoms with Gasteiger partial charge in [0.15, 0.2) is 11.5 Å². The van der Waals surface area contributed by atoms with Crippen LogP contribution in [-0.4, -0.2) is 61.8 Å². The molecule has 1 amide bonds. The molecule has 4 saturated carbocycles. The van der Waals surface area contributed by atoms with Gasteiger partial charge in [-0.15, -0.1) is 0 Å². The average Bonchev–Trinajstić information content (AvgIpc) is 3.44. The van der Waals surface area contributed by atoms with Crippen molar-refractivity contribution in [2.24, 2.45) is 46.3 Å². The van der Waals surface area contributed by atoms with Crippen molar-refractivity contribution in [2.45, 2.75) is 116 Å². The maximum atomic E-state index is 13.4. The molecule has 6 rings (SSSR count). The minimum Gasteiger partial charge on any atom is -0.504 e. The highest BCUT2D eigenvalue weighted by molar-refractivity contribution is 5.84. The molecule has 6 N–H and O–H groups in total. The van der Waals surface area contributed by atoms with Crippen molar-refractivity contribution >= 4 is 11.9 Å². The lowest BCUT2D eigenvalue weighted by Gasteiger charge is -2.63. The van der Waals surface area contributed by atoms with Crippen molar-refractivity contribution < 1.29 is 39.9 Å². The normalized spacial score (nSPS) is 36.4. The van der Waals surface area contributed by atoms with Crippen LogP contribution in [-0.2, 0) is 27.4 Å². The number of rotatable bonds is 10. The number of amides is 1. The quantitative estimate of drug-likeness (QED) is 0.147. The highest BCUT2D eigenvalue weighted by Gasteiger charge is 2.65. The summed E-state index contributed by atoms with van der Waals surface area (Å²) in [6.07, 6.45) is 5.38. The second-order valence-electron chi connectivity index (χ2n) is 16.3. The molecule has 268 valence electrons. The van der Waals surface area contributed by atoms with Crippen molar-refractivity contribution in [1.29, 1.82) is 0 Å². The maximum absolute atomic E-state index is 13.4. The van der Waals surface area contributed by atoms with Crippen LogP contribution in [0.2, 0.25) is 0 Å². The minimum absolute atomic E-state index is 0.0187. The molecule has 2 aromatic rings. The van der Waals surface area contributed by atoms with Crippen LogP contribution in [0, 0.1) is 46.3 Å². The van der Waals surface area contributed by atoms with Gasteiger partial charge in [0.1, 0.15) is 12.6 Å². The fourth-order valence-electron chi connectivity index (χ4n) is 10.9. The van der Waals surface area contributed by atoms with Gasteiger partial charge in [0.2, 0.25) is 5.91 Å². The maximum Gasteiger partial charge on any atom is 0.329 e. The molecule has 9 heteroatoms. The Balaban J connectivity index is 1.10. The number of phenols is 2. The highest BCUT2D eigenvalue weighted by atomic mass is 16.5. The molecule has 0 heterocycles. The van der Waals surface area contributed by atoms with Gasteiger partial charge in [-0.1, -0.05) is 57.2 Å². The number of hydrogen-bond donors (Lipinski definition) is 6. The van der Waals surface area contributed by atoms with E-state index in [2.05, 4.69) is 26.1 Å². The topological polar surface area (TPSA) is 157 Å². The van der Waals surface area contributed by atoms with E-state index in [4.69, 9.17) is 4.74 Å². The first kappa shape index (κ1) is 35.7. The number of benzene rings is 2. The third-order valence-electron chi connectivity index (χ3n) is 13.7. The Hall–Kier alpha value is -3.14. The molecule has 0 aliphatic heterocycles. The molecule has 4 fully saturated rings. The second kappa shape index (κ2) is 14.2. The Morgan fingerprint density at radius 1 is 0.918 bits per heavy atom. The van der Waals surface area contributed by atoms with Crippen LogP contribution in [0.3, 0.4) is 0 Å². The fourth-order valence-corrected chi connectivity index (χ4v) is 10.9. The minimum atomic E-state index is -0.986. The number of esters is 1. The van der Waals surface area contributed by atoms with E-state index in [1.165, 1.54) is 12.1 Å². The van der Waals surface area contributed by atoms with Crippen molar-refractivity contribution in [1.82, 2.24) is 5.32 Å². The number of aliphatic hydroxyl groups excluding tert-OH is 3. The summed E-state index contributed by atoms with van der Waals surface area (Å²) < 4.78 is 5.58. The Morgan fingerprint density at radius 2 is 1.67 bits per heavy atom. The zero-order chi connectivity index (χ0) is 35.1. The van der Waals surface area contributed by atoms with E-state index in [1.54, 1.807) is 6.07 Å². The Labute approximate surface area is 290 Å². The third kappa shape index (κ3) is 6.95. The third-order valence-corrected chi connectivity index (χ3v) is 13.7. The fraction of sp³-hybridized carbons (Fsp3) is 0.650. The first-order valence-electron chi connectivity index (χ1n) is 18.4. The molecule has 4 aliphatic carbocycles. The number of carbonyl (C=O) groups is 2. The van der Waals surface area contributed by atoms with Gasteiger partial charge >= 0.3 is 5.97 Å². The SMILES string of the molecule is C[C@H](CCC(=O)N[C@@H](Cc1ccc(O)c(O)c1)C(=O)OCc1ccccc1)C1CCC2C3C(C[C@H](O)[C@@]21C)[C@@]1(C)CC[C@@H](O)CC1C[C@H]3O. The Bertz CT molecular complexity index is 1480. The second-order valence-corrected chi connectivity index (χ2v) is 16.3. The van der Waals surface area contributed by atoms with Crippen molar-refractivity contribution in [3.8, 4) is 11.5 Å². The predicted octanol–water partition coefficient (Wildman–Crippen LogP) is 5.25. The molecule has 9 nitrogen and oxygen atoms in total. The Morgan fingerprint density at radius 3 is 2.41 bits per heavy atom. The molecule has 0 spiro atoms. The van der Waals surface area contributed by atoms with Crippen LogP contribution in [0.25, 0.3) is 0 Å². The van der Waals surface area contributed by atoms with E-state index in [-0.39, 0.29) is 89.3 Å². The number of aliphatic hydroxyl groups is 3. The predicted molar refractivity (Wildman–Crippen MR) is 184 cm³/mol. The zero-order valence-corrected chi connectivity index (χ0v) is 29.1. The van der Waals surface area contributed by atoms with Crippen molar-refractivity contribution in [3.63, 3.8) is 0 Å². The monoisotopic (exact) mass is 677 g/mol. The van der Waals surface area contributed by atoms with Gasteiger partial charge in [-0.25, -0.2) is 4.79 Å². The number of aromatic hydroxyl groups is 2. The smallest absolute Gasteiger partial charge is 0.329 e. The first-order valence-corrected chi connectivity index (χ1v) is 18.4. The van der Waals surface area contributed by atoms with Crippen LogP contribution in [0.1, 0.15) is 89.7 Å². The number of nitrogens with one attached hydrogen (secondary N) is 1. The summed E-state index contributed by atoms with van der Waals surface area (Å²) in [5.74, 6) is -0.261. The van der Waals surface area contributed by atoms with Gasteiger partial charge in [-0.3, -0.25) is 4.79 Å². The molecule has 12 atom stereocenters. The molecule has 2 aromatic carbocycles. The molecule has 0 bridgehead atoms. The molecule has 0 saturated heterocycles. The van der Waals surface area contributed by atoms with Crippen LogP contribution < -0.4 is 5.32 Å². The standard InChI is InChI=1S/C40H55NO8/c1-23(28-11-12-29-37-30(21-35(46)40(28,29)3)39(2)16-15-27(42)19-26(39)20-34(37)45)9-14-36(47)41-31(17-25-10-13-32(43)33(44)18-25)38(48)49-22-24-7-5-4-6-8-24/h4-8,10,13,18,23,26-31,34-35,37,42-46H,9,11-12,14-17,19-22H2,1-3H3,(H,41,47)/t23-,26?,27-,28?,29?,30?,31+,34-,35+,37?,39+,40-/m1/s1. The van der Waals surface area contributed by atoms with E-state index in [9.17, 15) is 35.1 Å². The number of carbonyl (C=O) groups excluding carboxylic acids is 2. The number of phenolic OH excluding ortho intramolecular Hbond substituents is 2. The molecule has 0 radical (unpaired) electrons. The highest BCUT2D eigenvalue weighted by Crippen LogP contribution is 2.68. The summed E-state index contributed by atoms with van der Waals surface area (Å²) >= 11 is 0. The van der Waals surface area contributed by atoms with Crippen molar-refractivity contribution in [3.05, 3.63) is 59.7 Å². The average molecular weight is 678 g/mol. The van der Waals surface area contributed by atoms with Crippen LogP contribution >= 0.6 is 0 Å². The van der Waals surface area contributed by atoms with Gasteiger partial charge in [0.05, 0.1) is 18.3 Å². The zero-order valence-electron chi connectivity index (χ0n) is 29.1. The van der Waals surface area contributed by atoms with E-state index >= 15 is 0 Å². The summed E-state index contributed by atoms with van der Waals surface area (Å²) in [5, 5.41) is 56.5. The molecule has 49 heavy (non-hydrogen) atoms. The van der Waals surface area contributed by atoms with Gasteiger partial charge in [0, 0.05) is 12.8 Å². The van der Waals surface area contributed by atoms with Gasteiger partial charge < -0.3 is 35.6 Å². The summed E-state index contributed by atoms with van der Waals surface area (Å²) in [5.41, 5.74) is 1.05. The van der Waals surface area contributed by atoms with Gasteiger partial charge in [-0.05, 0) is 121 Å². The first-order chi connectivity index (χ1) is 23.3. The molecule has 0 aromatic heterocycles. The lowest BCUT2D eigenvalue weighted by Crippen LogP contribution is -2.62. The van der Waals surface area contributed by atoms with Gasteiger partial charge in [0.25, 0.3) is 0 Å². The summed E-state index contributed by atoms with van der Waals surface area (Å²) in [7, 11) is 0. The summed E-state index contributed by atoms with van der Waals surface area (Å²) in [6, 6.07) is 12.6. The number of ether oxygens (including phenoxy) is 1. The molecular weight excluding hydrogens is 622 g/mol. The summed E-state index contributed by atoms with van der Waals surface area (Å²) in [6.45, 7) is 6.77. The molecule has 4 aliphatic rings. The van der Waals surface area contributed by atoms with E-state index in [0.717, 1.165) is 44.1 Å². The molecule has 5 unspecified atom stereocenters. The number of hydrogen-bond acceptors (Lipinski definition) is 8. The van der Waals surface area contributed by atoms with E-state index in [0.29, 0.717) is 18.4 Å².